The summed E-state index contributed by atoms with van der Waals surface area (Å²) in [5.74, 6) is 0.223. The number of alkyl carbamates (subject to hydrolysis) is 1. The van der Waals surface area contributed by atoms with Crippen molar-refractivity contribution >= 4 is 6.09 Å². The van der Waals surface area contributed by atoms with Gasteiger partial charge in [-0.3, -0.25) is 0 Å². The molecule has 1 aromatic carbocycles. The maximum absolute atomic E-state index is 12.0. The number of aliphatic hydroxyl groups is 1. The average Bonchev–Trinajstić information content (AvgIpc) is 2.97. The standard InChI is InChI=1S/C21H33NO3/c1-15(2)21(14-23,13-22-19(24)25-20(3,4)5)12-16-9-10-17-7-6-8-18(17)11-16/h9-11,15,23H,6-8,12-14H2,1-5H3,(H,22,24). The first kappa shape index (κ1) is 19.8. The fourth-order valence-electron chi connectivity index (χ4n) is 3.47. The predicted molar refractivity (Wildman–Crippen MR) is 101 cm³/mol. The van der Waals surface area contributed by atoms with Gasteiger partial charge in [0.25, 0.3) is 0 Å². The van der Waals surface area contributed by atoms with Gasteiger partial charge in [0.2, 0.25) is 0 Å². The summed E-state index contributed by atoms with van der Waals surface area (Å²) in [5.41, 5.74) is 3.20. The zero-order valence-electron chi connectivity index (χ0n) is 16.3. The van der Waals surface area contributed by atoms with Crippen LogP contribution < -0.4 is 5.32 Å². The highest BCUT2D eigenvalue weighted by Gasteiger charge is 2.34. The minimum Gasteiger partial charge on any atom is -0.444 e. The number of rotatable bonds is 6. The molecule has 1 aromatic rings. The van der Waals surface area contributed by atoms with Gasteiger partial charge in [-0.1, -0.05) is 32.0 Å². The third-order valence-corrected chi connectivity index (χ3v) is 5.24. The molecule has 4 heteroatoms. The predicted octanol–water partition coefficient (Wildman–Crippen LogP) is 3.88. The number of aliphatic hydroxyl groups excluding tert-OH is 1. The Morgan fingerprint density at radius 3 is 2.52 bits per heavy atom. The van der Waals surface area contributed by atoms with E-state index < -0.39 is 17.1 Å². The molecular weight excluding hydrogens is 314 g/mol. The fourth-order valence-corrected chi connectivity index (χ4v) is 3.47. The SMILES string of the molecule is CC(C)C(CO)(CNC(=O)OC(C)(C)C)Cc1ccc2c(c1)CCC2. The number of carbonyl (C=O) groups is 1. The number of benzene rings is 1. The lowest BCUT2D eigenvalue weighted by molar-refractivity contribution is 0.0394. The van der Waals surface area contributed by atoms with Crippen LogP contribution in [0.25, 0.3) is 0 Å². The molecule has 0 saturated carbocycles. The van der Waals surface area contributed by atoms with Crippen LogP contribution in [0.1, 0.15) is 57.7 Å². The minimum absolute atomic E-state index is 0.0253. The maximum atomic E-state index is 12.0. The van der Waals surface area contributed by atoms with E-state index in [1.807, 2.05) is 20.8 Å². The zero-order valence-corrected chi connectivity index (χ0v) is 16.3. The summed E-state index contributed by atoms with van der Waals surface area (Å²) in [7, 11) is 0. The fraction of sp³-hybridized carbons (Fsp3) is 0.667. The van der Waals surface area contributed by atoms with Gasteiger partial charge in [0, 0.05) is 12.0 Å². The van der Waals surface area contributed by atoms with E-state index in [1.165, 1.54) is 29.5 Å². The van der Waals surface area contributed by atoms with Gasteiger partial charge >= 0.3 is 6.09 Å². The van der Waals surface area contributed by atoms with Crippen LogP contribution in [0.2, 0.25) is 0 Å². The van der Waals surface area contributed by atoms with Crippen molar-refractivity contribution in [2.24, 2.45) is 11.3 Å². The highest BCUT2D eigenvalue weighted by Crippen LogP contribution is 2.33. The van der Waals surface area contributed by atoms with Crippen LogP contribution in [-0.2, 0) is 24.0 Å². The van der Waals surface area contributed by atoms with Gasteiger partial charge < -0.3 is 15.2 Å². The second-order valence-corrected chi connectivity index (χ2v) is 8.66. The molecule has 1 amide bonds. The first-order valence-corrected chi connectivity index (χ1v) is 9.33. The lowest BCUT2D eigenvalue weighted by Crippen LogP contribution is -2.46. The number of carbonyl (C=O) groups excluding carboxylic acids is 1. The highest BCUT2D eigenvalue weighted by molar-refractivity contribution is 5.67. The number of amides is 1. The molecule has 1 aliphatic carbocycles. The highest BCUT2D eigenvalue weighted by atomic mass is 16.6. The zero-order chi connectivity index (χ0) is 18.7. The Morgan fingerprint density at radius 1 is 1.24 bits per heavy atom. The van der Waals surface area contributed by atoms with Crippen LogP contribution in [0.3, 0.4) is 0 Å². The number of fused-ring (bicyclic) bond motifs is 1. The Balaban J connectivity index is 2.10. The van der Waals surface area contributed by atoms with Crippen LogP contribution in [0.15, 0.2) is 18.2 Å². The second-order valence-electron chi connectivity index (χ2n) is 8.66. The van der Waals surface area contributed by atoms with Crippen LogP contribution in [0.4, 0.5) is 4.79 Å². The Labute approximate surface area is 152 Å². The van der Waals surface area contributed by atoms with Crippen molar-refractivity contribution in [3.05, 3.63) is 34.9 Å². The van der Waals surface area contributed by atoms with Crippen LogP contribution in [-0.4, -0.2) is 30.0 Å². The Morgan fingerprint density at radius 2 is 1.92 bits per heavy atom. The molecular formula is C21H33NO3. The van der Waals surface area contributed by atoms with Gasteiger partial charge in [-0.2, -0.15) is 0 Å². The molecule has 1 atom stereocenters. The van der Waals surface area contributed by atoms with E-state index in [-0.39, 0.29) is 12.5 Å². The summed E-state index contributed by atoms with van der Waals surface area (Å²) in [4.78, 5) is 12.0. The smallest absolute Gasteiger partial charge is 0.407 e. The van der Waals surface area contributed by atoms with E-state index in [1.54, 1.807) is 0 Å². The quantitative estimate of drug-likeness (QED) is 0.821. The van der Waals surface area contributed by atoms with E-state index in [0.29, 0.717) is 6.54 Å². The largest absolute Gasteiger partial charge is 0.444 e. The summed E-state index contributed by atoms with van der Waals surface area (Å²) in [6, 6.07) is 6.68. The van der Waals surface area contributed by atoms with E-state index in [4.69, 9.17) is 4.74 Å². The normalized spacial score (nSPS) is 16.4. The van der Waals surface area contributed by atoms with Crippen molar-refractivity contribution in [3.8, 4) is 0 Å². The third kappa shape index (κ3) is 5.21. The van der Waals surface area contributed by atoms with Crippen molar-refractivity contribution in [2.75, 3.05) is 13.2 Å². The Kier molecular flexibility index (Phi) is 6.15. The third-order valence-electron chi connectivity index (χ3n) is 5.24. The minimum atomic E-state index is -0.524. The van der Waals surface area contributed by atoms with Crippen molar-refractivity contribution in [1.82, 2.24) is 5.32 Å². The molecule has 0 bridgehead atoms. The molecule has 1 aliphatic rings. The van der Waals surface area contributed by atoms with E-state index in [2.05, 4.69) is 37.4 Å². The molecule has 4 nitrogen and oxygen atoms in total. The number of hydrogen-bond acceptors (Lipinski definition) is 3. The number of ether oxygens (including phenoxy) is 1. The molecule has 2 rings (SSSR count). The van der Waals surface area contributed by atoms with E-state index in [0.717, 1.165) is 12.8 Å². The van der Waals surface area contributed by atoms with Crippen molar-refractivity contribution < 1.29 is 14.6 Å². The summed E-state index contributed by atoms with van der Waals surface area (Å²) < 4.78 is 5.34. The second kappa shape index (κ2) is 7.77. The molecule has 0 spiro atoms. The first-order chi connectivity index (χ1) is 11.6. The molecule has 0 fully saturated rings. The van der Waals surface area contributed by atoms with Gasteiger partial charge in [0.15, 0.2) is 0 Å². The van der Waals surface area contributed by atoms with E-state index >= 15 is 0 Å². The van der Waals surface area contributed by atoms with E-state index in [9.17, 15) is 9.90 Å². The van der Waals surface area contributed by atoms with Crippen molar-refractivity contribution in [1.29, 1.82) is 0 Å². The molecule has 1 unspecified atom stereocenters. The molecule has 0 saturated heterocycles. The molecule has 0 radical (unpaired) electrons. The average molecular weight is 347 g/mol. The molecule has 0 aromatic heterocycles. The van der Waals surface area contributed by atoms with Crippen LogP contribution >= 0.6 is 0 Å². The molecule has 25 heavy (non-hydrogen) atoms. The monoisotopic (exact) mass is 347 g/mol. The number of aryl methyl sites for hydroxylation is 2. The molecule has 0 aliphatic heterocycles. The molecule has 0 heterocycles. The van der Waals surface area contributed by atoms with Crippen LogP contribution in [0, 0.1) is 11.3 Å². The first-order valence-electron chi connectivity index (χ1n) is 9.33. The number of nitrogens with one attached hydrogen (secondary N) is 1. The van der Waals surface area contributed by atoms with Gasteiger partial charge in [0.05, 0.1) is 6.61 Å². The Hall–Kier alpha value is -1.55. The van der Waals surface area contributed by atoms with Crippen molar-refractivity contribution in [3.63, 3.8) is 0 Å². The van der Waals surface area contributed by atoms with Gasteiger partial charge in [-0.25, -0.2) is 4.79 Å². The molecule has 2 N–H and O–H groups in total. The Bertz CT molecular complexity index is 604. The lowest BCUT2D eigenvalue weighted by atomic mass is 9.73. The molecule has 140 valence electrons. The summed E-state index contributed by atoms with van der Waals surface area (Å²) >= 11 is 0. The van der Waals surface area contributed by atoms with Crippen LogP contribution in [0.5, 0.6) is 0 Å². The lowest BCUT2D eigenvalue weighted by Gasteiger charge is -2.36. The van der Waals surface area contributed by atoms with Gasteiger partial charge in [-0.15, -0.1) is 0 Å². The summed E-state index contributed by atoms with van der Waals surface area (Å²) in [6.45, 7) is 10.2. The summed E-state index contributed by atoms with van der Waals surface area (Å²) in [6.07, 6.45) is 3.86. The number of hydrogen-bond donors (Lipinski definition) is 2. The van der Waals surface area contributed by atoms with Crippen molar-refractivity contribution in [2.45, 2.75) is 65.9 Å². The maximum Gasteiger partial charge on any atom is 0.407 e. The van der Waals surface area contributed by atoms with Gasteiger partial charge in [-0.05, 0) is 69.1 Å². The van der Waals surface area contributed by atoms with Gasteiger partial charge in [0.1, 0.15) is 5.60 Å². The topological polar surface area (TPSA) is 58.6 Å². The summed E-state index contributed by atoms with van der Waals surface area (Å²) in [5, 5.41) is 13.0.